The molecule has 2 aliphatic rings. The van der Waals surface area contributed by atoms with Gasteiger partial charge in [0.15, 0.2) is 0 Å². The fraction of sp³-hybridized carbons (Fsp3) is 0.714. The van der Waals surface area contributed by atoms with Gasteiger partial charge < -0.3 is 10.2 Å². The molecule has 3 rings (SSSR count). The van der Waals surface area contributed by atoms with Crippen LogP contribution in [0, 0.1) is 0 Å². The second kappa shape index (κ2) is 5.43. The van der Waals surface area contributed by atoms with Gasteiger partial charge >= 0.3 is 0 Å². The second-order valence-electron chi connectivity index (χ2n) is 5.63. The molecule has 18 heavy (non-hydrogen) atoms. The standard InChI is InChI=1S/C14H23N3O/c15-12-3-7-17(8-4-12)13-5-6-16(10-13)11-14-2-1-9-18-14/h1-2,9,12-13H,3-8,10-11,15H2. The highest BCUT2D eigenvalue weighted by molar-refractivity contribution is 4.99. The molecule has 0 radical (unpaired) electrons. The summed E-state index contributed by atoms with van der Waals surface area (Å²) < 4.78 is 5.42. The second-order valence-corrected chi connectivity index (χ2v) is 5.63. The topological polar surface area (TPSA) is 45.6 Å². The van der Waals surface area contributed by atoms with Crippen molar-refractivity contribution in [2.75, 3.05) is 26.2 Å². The third-order valence-corrected chi connectivity index (χ3v) is 4.30. The van der Waals surface area contributed by atoms with Crippen molar-refractivity contribution in [1.82, 2.24) is 9.80 Å². The highest BCUT2D eigenvalue weighted by atomic mass is 16.3. The van der Waals surface area contributed by atoms with Crippen LogP contribution in [-0.4, -0.2) is 48.1 Å². The first kappa shape index (κ1) is 12.2. The Morgan fingerprint density at radius 3 is 2.78 bits per heavy atom. The Labute approximate surface area is 109 Å². The minimum atomic E-state index is 0.432. The molecule has 0 amide bonds. The van der Waals surface area contributed by atoms with Gasteiger partial charge in [0.05, 0.1) is 12.8 Å². The SMILES string of the molecule is NC1CCN(C2CCN(Cc3ccco3)C2)CC1. The van der Waals surface area contributed by atoms with E-state index >= 15 is 0 Å². The Morgan fingerprint density at radius 1 is 1.22 bits per heavy atom. The van der Waals surface area contributed by atoms with Gasteiger partial charge in [-0.05, 0) is 44.5 Å². The van der Waals surface area contributed by atoms with Gasteiger partial charge in [-0.3, -0.25) is 9.80 Å². The molecule has 0 saturated carbocycles. The number of piperidine rings is 1. The maximum absolute atomic E-state index is 5.96. The average Bonchev–Trinajstić information content (AvgIpc) is 3.02. The van der Waals surface area contributed by atoms with E-state index < -0.39 is 0 Å². The third kappa shape index (κ3) is 2.76. The molecule has 0 aliphatic carbocycles. The van der Waals surface area contributed by atoms with Crippen LogP contribution in [-0.2, 0) is 6.54 Å². The fourth-order valence-electron chi connectivity index (χ4n) is 3.16. The van der Waals surface area contributed by atoms with Crippen LogP contribution < -0.4 is 5.73 Å². The van der Waals surface area contributed by atoms with Crippen molar-refractivity contribution < 1.29 is 4.42 Å². The van der Waals surface area contributed by atoms with Crippen molar-refractivity contribution in [3.63, 3.8) is 0 Å². The first-order chi connectivity index (χ1) is 8.81. The summed E-state index contributed by atoms with van der Waals surface area (Å²) in [5.74, 6) is 1.08. The predicted octanol–water partition coefficient (Wildman–Crippen LogP) is 1.28. The molecule has 4 nitrogen and oxygen atoms in total. The van der Waals surface area contributed by atoms with Crippen LogP contribution in [0.4, 0.5) is 0 Å². The smallest absolute Gasteiger partial charge is 0.117 e. The predicted molar refractivity (Wildman–Crippen MR) is 71.2 cm³/mol. The molecule has 0 spiro atoms. The van der Waals surface area contributed by atoms with Crippen LogP contribution >= 0.6 is 0 Å². The molecular weight excluding hydrogens is 226 g/mol. The zero-order chi connectivity index (χ0) is 12.4. The Balaban J connectivity index is 1.49. The molecule has 0 bridgehead atoms. The number of hydrogen-bond acceptors (Lipinski definition) is 4. The quantitative estimate of drug-likeness (QED) is 0.876. The van der Waals surface area contributed by atoms with E-state index in [4.69, 9.17) is 10.2 Å². The maximum Gasteiger partial charge on any atom is 0.117 e. The molecule has 4 heteroatoms. The number of rotatable bonds is 3. The van der Waals surface area contributed by atoms with Crippen molar-refractivity contribution in [1.29, 1.82) is 0 Å². The lowest BCUT2D eigenvalue weighted by Gasteiger charge is -2.34. The molecule has 2 fully saturated rings. The van der Waals surface area contributed by atoms with Crippen molar-refractivity contribution in [3.8, 4) is 0 Å². The third-order valence-electron chi connectivity index (χ3n) is 4.30. The molecule has 2 aliphatic heterocycles. The molecule has 1 aromatic rings. The first-order valence-corrected chi connectivity index (χ1v) is 7.05. The summed E-state index contributed by atoms with van der Waals surface area (Å²) >= 11 is 0. The highest BCUT2D eigenvalue weighted by Gasteiger charge is 2.29. The van der Waals surface area contributed by atoms with Crippen LogP contribution in [0.3, 0.4) is 0 Å². The Morgan fingerprint density at radius 2 is 2.06 bits per heavy atom. The number of furan rings is 1. The zero-order valence-electron chi connectivity index (χ0n) is 10.9. The molecule has 2 N–H and O–H groups in total. The van der Waals surface area contributed by atoms with Gasteiger partial charge in [-0.15, -0.1) is 0 Å². The van der Waals surface area contributed by atoms with E-state index in [1.165, 1.54) is 32.6 Å². The van der Waals surface area contributed by atoms with Gasteiger partial charge in [0.2, 0.25) is 0 Å². The van der Waals surface area contributed by atoms with E-state index in [0.717, 1.165) is 31.2 Å². The van der Waals surface area contributed by atoms with Crippen LogP contribution in [0.1, 0.15) is 25.0 Å². The van der Waals surface area contributed by atoms with E-state index in [-0.39, 0.29) is 0 Å². The van der Waals surface area contributed by atoms with Crippen LogP contribution in [0.25, 0.3) is 0 Å². The summed E-state index contributed by atoms with van der Waals surface area (Å²) in [6, 6.07) is 5.19. The van der Waals surface area contributed by atoms with Crippen molar-refractivity contribution >= 4 is 0 Å². The minimum absolute atomic E-state index is 0.432. The van der Waals surface area contributed by atoms with Crippen molar-refractivity contribution in [2.45, 2.75) is 37.9 Å². The summed E-state index contributed by atoms with van der Waals surface area (Å²) in [6.45, 7) is 5.68. The molecule has 0 aromatic carbocycles. The van der Waals surface area contributed by atoms with Gasteiger partial charge in [-0.2, -0.15) is 0 Å². The molecule has 3 heterocycles. The Bertz CT molecular complexity index is 357. The van der Waals surface area contributed by atoms with Crippen LogP contribution in [0.5, 0.6) is 0 Å². The highest BCUT2D eigenvalue weighted by Crippen LogP contribution is 2.21. The summed E-state index contributed by atoms with van der Waals surface area (Å²) in [5, 5.41) is 0. The lowest BCUT2D eigenvalue weighted by Crippen LogP contribution is -2.46. The van der Waals surface area contributed by atoms with E-state index in [1.54, 1.807) is 6.26 Å². The van der Waals surface area contributed by atoms with E-state index in [2.05, 4.69) is 15.9 Å². The monoisotopic (exact) mass is 249 g/mol. The Kier molecular flexibility index (Phi) is 3.68. The van der Waals surface area contributed by atoms with Gasteiger partial charge in [0, 0.05) is 25.2 Å². The molecule has 1 unspecified atom stereocenters. The summed E-state index contributed by atoms with van der Waals surface area (Å²) in [6.07, 6.45) is 5.37. The normalized spacial score (nSPS) is 27.9. The zero-order valence-corrected chi connectivity index (χ0v) is 10.9. The van der Waals surface area contributed by atoms with Crippen LogP contribution in [0.15, 0.2) is 22.8 Å². The average molecular weight is 249 g/mol. The van der Waals surface area contributed by atoms with E-state index in [1.807, 2.05) is 6.07 Å². The number of hydrogen-bond donors (Lipinski definition) is 1. The lowest BCUT2D eigenvalue weighted by atomic mass is 10.0. The van der Waals surface area contributed by atoms with Gasteiger partial charge in [0.25, 0.3) is 0 Å². The van der Waals surface area contributed by atoms with Crippen molar-refractivity contribution in [2.24, 2.45) is 5.73 Å². The summed E-state index contributed by atoms with van der Waals surface area (Å²) in [4.78, 5) is 5.13. The lowest BCUT2D eigenvalue weighted by molar-refractivity contribution is 0.150. The maximum atomic E-state index is 5.96. The van der Waals surface area contributed by atoms with Gasteiger partial charge in [-0.25, -0.2) is 0 Å². The Hall–Kier alpha value is -0.840. The molecule has 1 aromatic heterocycles. The minimum Gasteiger partial charge on any atom is -0.468 e. The van der Waals surface area contributed by atoms with Gasteiger partial charge in [-0.1, -0.05) is 0 Å². The van der Waals surface area contributed by atoms with E-state index in [9.17, 15) is 0 Å². The largest absolute Gasteiger partial charge is 0.468 e. The molecule has 100 valence electrons. The number of nitrogens with two attached hydrogens (primary N) is 1. The van der Waals surface area contributed by atoms with Crippen LogP contribution in [0.2, 0.25) is 0 Å². The van der Waals surface area contributed by atoms with Gasteiger partial charge in [0.1, 0.15) is 5.76 Å². The number of likely N-dealkylation sites (tertiary alicyclic amines) is 2. The van der Waals surface area contributed by atoms with E-state index in [0.29, 0.717) is 6.04 Å². The summed E-state index contributed by atoms with van der Waals surface area (Å²) in [7, 11) is 0. The first-order valence-electron chi connectivity index (χ1n) is 7.05. The molecule has 2 saturated heterocycles. The van der Waals surface area contributed by atoms with Crippen molar-refractivity contribution in [3.05, 3.63) is 24.2 Å². The molecule has 1 atom stereocenters. The number of nitrogens with zero attached hydrogens (tertiary/aromatic N) is 2. The summed E-state index contributed by atoms with van der Waals surface area (Å²) in [5.41, 5.74) is 5.96. The molecular formula is C14H23N3O. The fourth-order valence-corrected chi connectivity index (χ4v) is 3.16.